The van der Waals surface area contributed by atoms with Crippen LogP contribution in [-0.4, -0.2) is 44.4 Å². The highest BCUT2D eigenvalue weighted by molar-refractivity contribution is 7.13. The maximum absolute atomic E-state index is 11.1. The molecule has 0 saturated heterocycles. The number of ether oxygens (including phenoxy) is 2. The zero-order valence-electron chi connectivity index (χ0n) is 11.3. The second kappa shape index (κ2) is 7.33. The second-order valence-electron chi connectivity index (χ2n) is 4.22. The highest BCUT2D eigenvalue weighted by Crippen LogP contribution is 2.19. The van der Waals surface area contributed by atoms with Crippen LogP contribution in [0.25, 0.3) is 0 Å². The topological polar surface area (TPSA) is 51.7 Å². The lowest BCUT2D eigenvalue weighted by molar-refractivity contribution is -0.139. The van der Waals surface area contributed by atoms with Crippen LogP contribution in [0, 0.1) is 0 Å². The van der Waals surface area contributed by atoms with Gasteiger partial charge in [0.15, 0.2) is 5.13 Å². The zero-order valence-corrected chi connectivity index (χ0v) is 12.1. The molecule has 0 saturated carbocycles. The summed E-state index contributed by atoms with van der Waals surface area (Å²) in [7, 11) is 3.34. The molecule has 1 rings (SSSR count). The van der Waals surface area contributed by atoms with E-state index < -0.39 is 0 Å². The van der Waals surface area contributed by atoms with Gasteiger partial charge in [-0.1, -0.05) is 0 Å². The fraction of sp³-hybridized carbons (Fsp3) is 0.667. The lowest BCUT2D eigenvalue weighted by atomic mass is 10.3. The molecule has 0 aliphatic carbocycles. The van der Waals surface area contributed by atoms with Crippen LogP contribution in [0.2, 0.25) is 0 Å². The maximum Gasteiger partial charge on any atom is 0.311 e. The summed E-state index contributed by atoms with van der Waals surface area (Å²) in [6.07, 6.45) is 0.466. The first-order chi connectivity index (χ1) is 8.52. The normalized spacial score (nSPS) is 10.7. The van der Waals surface area contributed by atoms with Crippen molar-refractivity contribution < 1.29 is 14.3 Å². The van der Waals surface area contributed by atoms with Crippen molar-refractivity contribution in [2.75, 3.05) is 32.2 Å². The van der Waals surface area contributed by atoms with Gasteiger partial charge in [0.2, 0.25) is 0 Å². The van der Waals surface area contributed by atoms with Crippen LogP contribution in [0.5, 0.6) is 0 Å². The van der Waals surface area contributed by atoms with E-state index in [4.69, 9.17) is 4.74 Å². The van der Waals surface area contributed by atoms with Crippen molar-refractivity contribution in [2.24, 2.45) is 0 Å². The molecular weight excluding hydrogens is 252 g/mol. The standard InChI is InChI=1S/C12H20N2O3S/c1-9(2)17-6-5-14(3)12-13-10(8-18-12)7-11(15)16-4/h8-9H,5-7H2,1-4H3. The average Bonchev–Trinajstić information content (AvgIpc) is 2.76. The molecule has 0 fully saturated rings. The van der Waals surface area contributed by atoms with Crippen LogP contribution in [0.4, 0.5) is 5.13 Å². The Hall–Kier alpha value is -1.14. The van der Waals surface area contributed by atoms with Gasteiger partial charge in [-0.25, -0.2) is 4.98 Å². The predicted molar refractivity (Wildman–Crippen MR) is 72.2 cm³/mol. The molecule has 0 aliphatic rings. The number of likely N-dealkylation sites (N-methyl/N-ethyl adjacent to an activating group) is 1. The minimum absolute atomic E-state index is 0.226. The molecule has 0 N–H and O–H groups in total. The first-order valence-corrected chi connectivity index (χ1v) is 6.75. The molecule has 1 heterocycles. The number of thiazole rings is 1. The Morgan fingerprint density at radius 1 is 1.56 bits per heavy atom. The van der Waals surface area contributed by atoms with Gasteiger partial charge in [0.05, 0.1) is 31.9 Å². The summed E-state index contributed by atoms with van der Waals surface area (Å²) in [5, 5.41) is 2.77. The van der Waals surface area contributed by atoms with E-state index in [9.17, 15) is 4.79 Å². The summed E-state index contributed by atoms with van der Waals surface area (Å²) in [6, 6.07) is 0. The Kier molecular flexibility index (Phi) is 6.07. The summed E-state index contributed by atoms with van der Waals surface area (Å²) in [4.78, 5) is 17.5. The zero-order chi connectivity index (χ0) is 13.5. The van der Waals surface area contributed by atoms with Crippen LogP contribution < -0.4 is 4.90 Å². The van der Waals surface area contributed by atoms with Crippen LogP contribution in [0.15, 0.2) is 5.38 Å². The van der Waals surface area contributed by atoms with E-state index in [0.29, 0.717) is 6.61 Å². The van der Waals surface area contributed by atoms with Crippen molar-refractivity contribution in [1.29, 1.82) is 0 Å². The van der Waals surface area contributed by atoms with Gasteiger partial charge in [-0.3, -0.25) is 4.79 Å². The third-order valence-electron chi connectivity index (χ3n) is 2.30. The molecule has 0 aromatic carbocycles. The second-order valence-corrected chi connectivity index (χ2v) is 5.05. The van der Waals surface area contributed by atoms with E-state index in [1.54, 1.807) is 0 Å². The van der Waals surface area contributed by atoms with Crippen molar-refractivity contribution in [3.8, 4) is 0 Å². The largest absolute Gasteiger partial charge is 0.469 e. The summed E-state index contributed by atoms with van der Waals surface area (Å²) in [6.45, 7) is 5.47. The Balaban J connectivity index is 2.44. The smallest absolute Gasteiger partial charge is 0.311 e. The Labute approximate surface area is 112 Å². The molecule has 6 heteroatoms. The van der Waals surface area contributed by atoms with Gasteiger partial charge in [0, 0.05) is 19.0 Å². The number of nitrogens with zero attached hydrogens (tertiary/aromatic N) is 2. The van der Waals surface area contributed by atoms with E-state index in [1.807, 2.05) is 31.2 Å². The van der Waals surface area contributed by atoms with E-state index in [2.05, 4.69) is 9.72 Å². The number of anilines is 1. The van der Waals surface area contributed by atoms with E-state index in [1.165, 1.54) is 18.4 Å². The number of hydrogen-bond donors (Lipinski definition) is 0. The third-order valence-corrected chi connectivity index (χ3v) is 3.30. The number of rotatable bonds is 7. The number of carbonyl (C=O) groups excluding carboxylic acids is 1. The number of esters is 1. The lowest BCUT2D eigenvalue weighted by Crippen LogP contribution is -2.23. The average molecular weight is 272 g/mol. The Bertz CT molecular complexity index is 379. The monoisotopic (exact) mass is 272 g/mol. The van der Waals surface area contributed by atoms with E-state index >= 15 is 0 Å². The summed E-state index contributed by atoms with van der Waals surface area (Å²) in [5.74, 6) is -0.266. The molecule has 5 nitrogen and oxygen atoms in total. The SMILES string of the molecule is COC(=O)Cc1csc(N(C)CCOC(C)C)n1. The van der Waals surface area contributed by atoms with Crippen LogP contribution in [0.3, 0.4) is 0 Å². The highest BCUT2D eigenvalue weighted by atomic mass is 32.1. The van der Waals surface area contributed by atoms with E-state index in [-0.39, 0.29) is 18.5 Å². The molecule has 1 aromatic rings. The minimum Gasteiger partial charge on any atom is -0.469 e. The molecule has 0 amide bonds. The van der Waals surface area contributed by atoms with Gasteiger partial charge in [-0.15, -0.1) is 11.3 Å². The predicted octanol–water partition coefficient (Wildman–Crippen LogP) is 1.72. The van der Waals surface area contributed by atoms with Crippen LogP contribution in [-0.2, 0) is 20.7 Å². The summed E-state index contributed by atoms with van der Waals surface area (Å²) in [5.41, 5.74) is 0.749. The molecule has 18 heavy (non-hydrogen) atoms. The fourth-order valence-electron chi connectivity index (χ4n) is 1.29. The van der Waals surface area contributed by atoms with Gasteiger partial charge in [0.1, 0.15) is 0 Å². The van der Waals surface area contributed by atoms with Crippen LogP contribution in [0.1, 0.15) is 19.5 Å². The molecule has 0 radical (unpaired) electrons. The number of aromatic nitrogens is 1. The number of hydrogen-bond acceptors (Lipinski definition) is 6. The Morgan fingerprint density at radius 2 is 2.28 bits per heavy atom. The van der Waals surface area contributed by atoms with Gasteiger partial charge in [0.25, 0.3) is 0 Å². The van der Waals surface area contributed by atoms with Gasteiger partial charge in [-0.05, 0) is 13.8 Å². The number of carbonyl (C=O) groups is 1. The molecule has 102 valence electrons. The van der Waals surface area contributed by atoms with Crippen molar-refractivity contribution in [3.63, 3.8) is 0 Å². The maximum atomic E-state index is 11.1. The van der Waals surface area contributed by atoms with Gasteiger partial charge >= 0.3 is 5.97 Å². The summed E-state index contributed by atoms with van der Waals surface area (Å²) < 4.78 is 10.1. The minimum atomic E-state index is -0.266. The van der Waals surface area contributed by atoms with E-state index in [0.717, 1.165) is 17.4 Å². The van der Waals surface area contributed by atoms with Crippen molar-refractivity contribution >= 4 is 22.4 Å². The molecule has 0 bridgehead atoms. The van der Waals surface area contributed by atoms with Crippen molar-refractivity contribution in [1.82, 2.24) is 4.98 Å². The van der Waals surface area contributed by atoms with Gasteiger partial charge in [-0.2, -0.15) is 0 Å². The quantitative estimate of drug-likeness (QED) is 0.707. The molecule has 1 aromatic heterocycles. The summed E-state index contributed by atoms with van der Waals surface area (Å²) >= 11 is 1.52. The first-order valence-electron chi connectivity index (χ1n) is 5.87. The molecule has 0 unspecified atom stereocenters. The van der Waals surface area contributed by atoms with Gasteiger partial charge < -0.3 is 14.4 Å². The van der Waals surface area contributed by atoms with Crippen molar-refractivity contribution in [2.45, 2.75) is 26.4 Å². The highest BCUT2D eigenvalue weighted by Gasteiger charge is 2.10. The van der Waals surface area contributed by atoms with Crippen molar-refractivity contribution in [3.05, 3.63) is 11.1 Å². The third kappa shape index (κ3) is 5.01. The Morgan fingerprint density at radius 3 is 2.89 bits per heavy atom. The first kappa shape index (κ1) is 14.9. The van der Waals surface area contributed by atoms with Crippen LogP contribution >= 0.6 is 11.3 Å². The molecular formula is C12H20N2O3S. The molecule has 0 spiro atoms. The fourth-order valence-corrected chi connectivity index (χ4v) is 2.11. The molecule has 0 atom stereocenters. The lowest BCUT2D eigenvalue weighted by Gasteiger charge is -2.16. The number of methoxy groups -OCH3 is 1. The molecule has 0 aliphatic heterocycles.